The molecule has 94 valence electrons. The molecule has 0 heterocycles. The minimum absolute atomic E-state index is 0.158. The number of carbonyl (C=O) groups excluding carboxylic acids is 1. The first kappa shape index (κ1) is 13.5. The Morgan fingerprint density at radius 1 is 1.38 bits per heavy atom. The van der Waals surface area contributed by atoms with Gasteiger partial charge in [-0.15, -0.1) is 0 Å². The molecule has 1 atom stereocenters. The highest BCUT2D eigenvalue weighted by Gasteiger charge is 2.35. The number of esters is 1. The Morgan fingerprint density at radius 3 is 2.44 bits per heavy atom. The van der Waals surface area contributed by atoms with E-state index in [1.165, 1.54) is 39.2 Å². The summed E-state index contributed by atoms with van der Waals surface area (Å²) in [5.41, 5.74) is 5.79. The summed E-state index contributed by atoms with van der Waals surface area (Å²) in [5.74, 6) is 0.445. The van der Waals surface area contributed by atoms with Crippen molar-refractivity contribution in [2.75, 3.05) is 7.11 Å². The molecular formula is C13H25NO2. The highest BCUT2D eigenvalue weighted by Crippen LogP contribution is 2.36. The number of carbonyl (C=O) groups is 1. The molecule has 2 N–H and O–H groups in total. The van der Waals surface area contributed by atoms with Crippen molar-refractivity contribution in [3.05, 3.63) is 0 Å². The summed E-state index contributed by atoms with van der Waals surface area (Å²) in [7, 11) is 1.40. The summed E-state index contributed by atoms with van der Waals surface area (Å²) < 4.78 is 4.72. The maximum atomic E-state index is 11.5. The Balaban J connectivity index is 2.51. The quantitative estimate of drug-likeness (QED) is 0.751. The van der Waals surface area contributed by atoms with Crippen LogP contribution >= 0.6 is 0 Å². The molecule has 0 saturated heterocycles. The fourth-order valence-corrected chi connectivity index (χ4v) is 2.71. The molecule has 0 aliphatic heterocycles. The molecular weight excluding hydrogens is 202 g/mol. The SMILES string of the molecule is COC(=O)C(N)C(C)(C)CC1CCCCC1. The molecule has 0 aromatic carbocycles. The number of hydrogen-bond acceptors (Lipinski definition) is 3. The molecule has 0 aromatic rings. The fourth-order valence-electron chi connectivity index (χ4n) is 2.71. The van der Waals surface area contributed by atoms with Crippen molar-refractivity contribution in [3.63, 3.8) is 0 Å². The molecule has 1 aliphatic carbocycles. The van der Waals surface area contributed by atoms with Gasteiger partial charge in [0.25, 0.3) is 0 Å². The van der Waals surface area contributed by atoms with Crippen LogP contribution in [0.25, 0.3) is 0 Å². The number of methoxy groups -OCH3 is 1. The van der Waals surface area contributed by atoms with Gasteiger partial charge >= 0.3 is 5.97 Å². The third kappa shape index (κ3) is 3.48. The molecule has 0 radical (unpaired) electrons. The van der Waals surface area contributed by atoms with Gasteiger partial charge < -0.3 is 10.5 Å². The van der Waals surface area contributed by atoms with E-state index in [1.807, 2.05) is 0 Å². The van der Waals surface area contributed by atoms with E-state index < -0.39 is 6.04 Å². The molecule has 0 spiro atoms. The van der Waals surface area contributed by atoms with Gasteiger partial charge in [0.1, 0.15) is 6.04 Å². The third-order valence-electron chi connectivity index (χ3n) is 3.84. The van der Waals surface area contributed by atoms with Crippen molar-refractivity contribution >= 4 is 5.97 Å². The first-order valence-corrected chi connectivity index (χ1v) is 6.31. The van der Waals surface area contributed by atoms with Crippen LogP contribution < -0.4 is 5.73 Å². The van der Waals surface area contributed by atoms with Gasteiger partial charge in [0.15, 0.2) is 0 Å². The van der Waals surface area contributed by atoms with Gasteiger partial charge in [-0.3, -0.25) is 4.79 Å². The Bertz CT molecular complexity index is 232. The van der Waals surface area contributed by atoms with E-state index >= 15 is 0 Å². The average Bonchev–Trinajstić information content (AvgIpc) is 2.27. The minimum atomic E-state index is -0.501. The summed E-state index contributed by atoms with van der Waals surface area (Å²) in [6.07, 6.45) is 7.63. The lowest BCUT2D eigenvalue weighted by atomic mass is 9.73. The van der Waals surface area contributed by atoms with Crippen molar-refractivity contribution < 1.29 is 9.53 Å². The largest absolute Gasteiger partial charge is 0.468 e. The molecule has 1 fully saturated rings. The highest BCUT2D eigenvalue weighted by molar-refractivity contribution is 5.76. The smallest absolute Gasteiger partial charge is 0.323 e. The van der Waals surface area contributed by atoms with Crippen molar-refractivity contribution in [1.29, 1.82) is 0 Å². The summed E-state index contributed by atoms with van der Waals surface area (Å²) in [6.45, 7) is 4.15. The lowest BCUT2D eigenvalue weighted by Crippen LogP contribution is -2.45. The predicted molar refractivity (Wildman–Crippen MR) is 65.0 cm³/mol. The normalized spacial score (nSPS) is 20.5. The number of ether oxygens (including phenoxy) is 1. The molecule has 3 heteroatoms. The van der Waals surface area contributed by atoms with E-state index in [0.717, 1.165) is 12.3 Å². The number of hydrogen-bond donors (Lipinski definition) is 1. The molecule has 1 unspecified atom stereocenters. The summed E-state index contributed by atoms with van der Waals surface area (Å²) in [6, 6.07) is -0.501. The van der Waals surface area contributed by atoms with Crippen LogP contribution in [0.15, 0.2) is 0 Å². The van der Waals surface area contributed by atoms with Crippen LogP contribution in [0.2, 0.25) is 0 Å². The first-order valence-electron chi connectivity index (χ1n) is 6.31. The van der Waals surface area contributed by atoms with Gasteiger partial charge in [-0.05, 0) is 17.8 Å². The van der Waals surface area contributed by atoms with Crippen molar-refractivity contribution in [2.24, 2.45) is 17.1 Å². The lowest BCUT2D eigenvalue weighted by Gasteiger charge is -2.34. The van der Waals surface area contributed by atoms with E-state index in [1.54, 1.807) is 0 Å². The molecule has 0 amide bonds. The van der Waals surface area contributed by atoms with E-state index in [2.05, 4.69) is 13.8 Å². The van der Waals surface area contributed by atoms with Crippen molar-refractivity contribution in [2.45, 2.75) is 58.4 Å². The topological polar surface area (TPSA) is 52.3 Å². The van der Waals surface area contributed by atoms with Crippen LogP contribution in [-0.4, -0.2) is 19.1 Å². The second-order valence-corrected chi connectivity index (χ2v) is 5.70. The van der Waals surface area contributed by atoms with Crippen LogP contribution in [0.1, 0.15) is 52.4 Å². The minimum Gasteiger partial charge on any atom is -0.468 e. The number of rotatable bonds is 4. The molecule has 1 rings (SSSR count). The maximum Gasteiger partial charge on any atom is 0.323 e. The van der Waals surface area contributed by atoms with E-state index in [4.69, 9.17) is 10.5 Å². The van der Waals surface area contributed by atoms with Crippen LogP contribution in [0, 0.1) is 11.3 Å². The second-order valence-electron chi connectivity index (χ2n) is 5.70. The van der Waals surface area contributed by atoms with E-state index in [0.29, 0.717) is 0 Å². The standard InChI is InChI=1S/C13H25NO2/c1-13(2,11(14)12(15)16-3)9-10-7-5-4-6-8-10/h10-11H,4-9,14H2,1-3H3. The molecule has 0 aromatic heterocycles. The summed E-state index contributed by atoms with van der Waals surface area (Å²) in [4.78, 5) is 11.5. The fraction of sp³-hybridized carbons (Fsp3) is 0.923. The lowest BCUT2D eigenvalue weighted by molar-refractivity contribution is -0.145. The van der Waals surface area contributed by atoms with Gasteiger partial charge in [0.2, 0.25) is 0 Å². The van der Waals surface area contributed by atoms with Gasteiger partial charge in [0.05, 0.1) is 7.11 Å². The molecule has 16 heavy (non-hydrogen) atoms. The van der Waals surface area contributed by atoms with Crippen LogP contribution in [0.5, 0.6) is 0 Å². The zero-order valence-corrected chi connectivity index (χ0v) is 10.8. The van der Waals surface area contributed by atoms with Crippen LogP contribution in [-0.2, 0) is 9.53 Å². The molecule has 0 bridgehead atoms. The van der Waals surface area contributed by atoms with Crippen molar-refractivity contribution in [1.82, 2.24) is 0 Å². The van der Waals surface area contributed by atoms with Gasteiger partial charge in [-0.25, -0.2) is 0 Å². The Hall–Kier alpha value is -0.570. The highest BCUT2D eigenvalue weighted by atomic mass is 16.5. The van der Waals surface area contributed by atoms with E-state index in [9.17, 15) is 4.79 Å². The Morgan fingerprint density at radius 2 is 1.94 bits per heavy atom. The number of nitrogens with two attached hydrogens (primary N) is 1. The zero-order valence-electron chi connectivity index (χ0n) is 10.8. The molecule has 3 nitrogen and oxygen atoms in total. The first-order chi connectivity index (χ1) is 7.47. The van der Waals surface area contributed by atoms with Crippen LogP contribution in [0.4, 0.5) is 0 Å². The van der Waals surface area contributed by atoms with E-state index in [-0.39, 0.29) is 11.4 Å². The van der Waals surface area contributed by atoms with Gasteiger partial charge in [-0.2, -0.15) is 0 Å². The Kier molecular flexibility index (Phi) is 4.78. The average molecular weight is 227 g/mol. The summed E-state index contributed by atoms with van der Waals surface area (Å²) in [5, 5.41) is 0. The second kappa shape index (κ2) is 5.67. The molecule has 1 saturated carbocycles. The monoisotopic (exact) mass is 227 g/mol. The van der Waals surface area contributed by atoms with Crippen molar-refractivity contribution in [3.8, 4) is 0 Å². The van der Waals surface area contributed by atoms with Gasteiger partial charge in [0, 0.05) is 0 Å². The third-order valence-corrected chi connectivity index (χ3v) is 3.84. The maximum absolute atomic E-state index is 11.5. The predicted octanol–water partition coefficient (Wildman–Crippen LogP) is 2.48. The zero-order chi connectivity index (χ0) is 12.2. The Labute approximate surface area is 98.7 Å². The van der Waals surface area contributed by atoms with Gasteiger partial charge in [-0.1, -0.05) is 46.0 Å². The summed E-state index contributed by atoms with van der Waals surface area (Å²) >= 11 is 0. The molecule has 1 aliphatic rings. The van der Waals surface area contributed by atoms with Crippen LogP contribution in [0.3, 0.4) is 0 Å².